The molecule has 1 aliphatic rings. The summed E-state index contributed by atoms with van der Waals surface area (Å²) >= 11 is 0. The molecule has 1 aliphatic carbocycles. The van der Waals surface area contributed by atoms with Crippen LogP contribution in [0.15, 0.2) is 217 Å². The molecule has 0 amide bonds. The van der Waals surface area contributed by atoms with Gasteiger partial charge in [0, 0.05) is 33.9 Å². The highest BCUT2D eigenvalue weighted by molar-refractivity contribution is 6.07. The van der Waals surface area contributed by atoms with Crippen molar-refractivity contribution in [3.63, 3.8) is 0 Å². The quantitative estimate of drug-likeness (QED) is 0.164. The number of anilines is 3. The summed E-state index contributed by atoms with van der Waals surface area (Å²) in [5, 5.41) is 9.64. The predicted molar refractivity (Wildman–Crippen MR) is 238 cm³/mol. The highest BCUT2D eigenvalue weighted by Crippen LogP contribution is 2.59. The van der Waals surface area contributed by atoms with E-state index in [1.54, 1.807) is 0 Å². The largest absolute Gasteiger partial charge is 0.456 e. The molecule has 0 unspecified atom stereocenters. The first kappa shape index (κ1) is 31.9. The summed E-state index contributed by atoms with van der Waals surface area (Å²) in [6.45, 7) is 0. The average molecular weight is 726 g/mol. The molecule has 0 saturated carbocycles. The van der Waals surface area contributed by atoms with E-state index in [0.717, 1.165) is 39.0 Å². The number of para-hydroxylation sites is 1. The molecule has 12 rings (SSSR count). The van der Waals surface area contributed by atoms with E-state index >= 15 is 0 Å². The van der Waals surface area contributed by atoms with E-state index in [1.165, 1.54) is 65.7 Å². The van der Waals surface area contributed by atoms with Gasteiger partial charge in [-0.3, -0.25) is 0 Å². The van der Waals surface area contributed by atoms with E-state index in [2.05, 4.69) is 211 Å². The second-order valence-corrected chi connectivity index (χ2v) is 15.3. The summed E-state index contributed by atoms with van der Waals surface area (Å²) in [6, 6.07) is 77.8. The molecule has 2 heteroatoms. The molecule has 0 bridgehead atoms. The zero-order valence-electron chi connectivity index (χ0n) is 31.1. The highest BCUT2D eigenvalue weighted by Gasteiger charge is 2.47. The molecule has 0 aliphatic heterocycles. The van der Waals surface area contributed by atoms with Gasteiger partial charge in [-0.25, -0.2) is 0 Å². The lowest BCUT2D eigenvalue weighted by atomic mass is 9.66. The maximum absolute atomic E-state index is 6.51. The third kappa shape index (κ3) is 4.71. The fraction of sp³-hybridized carbons (Fsp3) is 0.0182. The first-order chi connectivity index (χ1) is 28.2. The van der Waals surface area contributed by atoms with Crippen molar-refractivity contribution >= 4 is 71.3 Å². The topological polar surface area (TPSA) is 16.4 Å². The van der Waals surface area contributed by atoms with E-state index in [1.807, 2.05) is 6.07 Å². The van der Waals surface area contributed by atoms with Crippen LogP contribution in [0.2, 0.25) is 0 Å². The molecule has 1 aromatic heterocycles. The maximum atomic E-state index is 6.51. The van der Waals surface area contributed by atoms with Crippen LogP contribution in [0, 0.1) is 0 Å². The zero-order chi connectivity index (χ0) is 37.5. The standard InChI is InChI=1S/C55H35NO/c1-3-16-41(17-4-1)55(42-18-5-2-6-19-42)51-34-44(26-29-47(51)50-28-24-36-13-9-10-20-46(36)54(50)55)56(45-27-30-49-48-21-11-12-22-52(48)57-53(49)35-45)43-25-23-39-31-37-14-7-8-15-38(37)32-40(39)33-43/h1-35H. The Kier molecular flexibility index (Phi) is 6.88. The Morgan fingerprint density at radius 3 is 1.63 bits per heavy atom. The second kappa shape index (κ2) is 12.3. The van der Waals surface area contributed by atoms with Crippen LogP contribution in [0.25, 0.3) is 65.4 Å². The number of fused-ring (bicyclic) bond motifs is 10. The lowest BCUT2D eigenvalue weighted by Crippen LogP contribution is -2.29. The molecule has 266 valence electrons. The summed E-state index contributed by atoms with van der Waals surface area (Å²) in [4.78, 5) is 2.41. The van der Waals surface area contributed by atoms with Crippen molar-refractivity contribution < 1.29 is 4.42 Å². The van der Waals surface area contributed by atoms with Crippen molar-refractivity contribution in [2.45, 2.75) is 5.41 Å². The summed E-state index contributed by atoms with van der Waals surface area (Å²) in [7, 11) is 0. The fourth-order valence-electron chi connectivity index (χ4n) is 9.76. The molecule has 0 N–H and O–H groups in total. The number of rotatable bonds is 5. The average Bonchev–Trinajstić information content (AvgIpc) is 3.80. The van der Waals surface area contributed by atoms with Gasteiger partial charge in [-0.1, -0.05) is 152 Å². The summed E-state index contributed by atoms with van der Waals surface area (Å²) in [5.74, 6) is 0. The van der Waals surface area contributed by atoms with E-state index in [4.69, 9.17) is 4.42 Å². The van der Waals surface area contributed by atoms with Gasteiger partial charge in [-0.05, 0) is 120 Å². The van der Waals surface area contributed by atoms with Crippen molar-refractivity contribution in [1.29, 1.82) is 0 Å². The molecule has 10 aromatic carbocycles. The molecule has 0 radical (unpaired) electrons. The highest BCUT2D eigenvalue weighted by atomic mass is 16.3. The van der Waals surface area contributed by atoms with Crippen molar-refractivity contribution in [3.05, 3.63) is 235 Å². The zero-order valence-corrected chi connectivity index (χ0v) is 31.1. The normalized spacial score (nSPS) is 13.1. The Balaban J connectivity index is 1.15. The van der Waals surface area contributed by atoms with Crippen molar-refractivity contribution in [2.75, 3.05) is 4.90 Å². The van der Waals surface area contributed by atoms with E-state index in [9.17, 15) is 0 Å². The Morgan fingerprint density at radius 1 is 0.333 bits per heavy atom. The van der Waals surface area contributed by atoms with Crippen LogP contribution in [0.5, 0.6) is 0 Å². The van der Waals surface area contributed by atoms with Crippen LogP contribution in [-0.4, -0.2) is 0 Å². The van der Waals surface area contributed by atoms with Gasteiger partial charge < -0.3 is 9.32 Å². The molecular weight excluding hydrogens is 691 g/mol. The molecule has 2 nitrogen and oxygen atoms in total. The molecule has 57 heavy (non-hydrogen) atoms. The van der Waals surface area contributed by atoms with Crippen LogP contribution in [-0.2, 0) is 5.41 Å². The smallest absolute Gasteiger partial charge is 0.137 e. The predicted octanol–water partition coefficient (Wildman–Crippen LogP) is 14.9. The van der Waals surface area contributed by atoms with Gasteiger partial charge in [0.05, 0.1) is 5.41 Å². The minimum Gasteiger partial charge on any atom is -0.456 e. The van der Waals surface area contributed by atoms with Gasteiger partial charge in [0.2, 0.25) is 0 Å². The van der Waals surface area contributed by atoms with Crippen LogP contribution in [0.4, 0.5) is 17.1 Å². The lowest BCUT2D eigenvalue weighted by molar-refractivity contribution is 0.669. The molecule has 0 fully saturated rings. The van der Waals surface area contributed by atoms with E-state index in [0.29, 0.717) is 0 Å². The molecule has 1 heterocycles. The van der Waals surface area contributed by atoms with Crippen LogP contribution in [0.3, 0.4) is 0 Å². The van der Waals surface area contributed by atoms with Crippen LogP contribution in [0.1, 0.15) is 22.3 Å². The molecule has 0 spiro atoms. The Hall–Kier alpha value is -7.42. The van der Waals surface area contributed by atoms with Gasteiger partial charge in [0.25, 0.3) is 0 Å². The van der Waals surface area contributed by atoms with Crippen LogP contribution < -0.4 is 4.90 Å². The third-order valence-corrected chi connectivity index (χ3v) is 12.2. The molecule has 0 atom stereocenters. The third-order valence-electron chi connectivity index (χ3n) is 12.2. The van der Waals surface area contributed by atoms with E-state index < -0.39 is 5.41 Å². The molecule has 0 saturated heterocycles. The first-order valence-corrected chi connectivity index (χ1v) is 19.7. The van der Waals surface area contributed by atoms with Crippen molar-refractivity contribution in [2.24, 2.45) is 0 Å². The molecular formula is C55H35NO. The van der Waals surface area contributed by atoms with Gasteiger partial charge in [-0.2, -0.15) is 0 Å². The number of hydrogen-bond acceptors (Lipinski definition) is 2. The Morgan fingerprint density at radius 2 is 0.860 bits per heavy atom. The van der Waals surface area contributed by atoms with Crippen molar-refractivity contribution in [1.82, 2.24) is 0 Å². The SMILES string of the molecule is c1ccc(C2(c3ccccc3)c3cc(N(c4ccc5cc6ccccc6cc5c4)c4ccc5c(c4)oc4ccccc45)ccc3-c3ccc4ccccc4c32)cc1. The first-order valence-electron chi connectivity index (χ1n) is 19.7. The summed E-state index contributed by atoms with van der Waals surface area (Å²) in [5.41, 5.74) is 12.0. The summed E-state index contributed by atoms with van der Waals surface area (Å²) < 4.78 is 6.51. The van der Waals surface area contributed by atoms with Gasteiger partial charge in [0.1, 0.15) is 11.2 Å². The van der Waals surface area contributed by atoms with Crippen molar-refractivity contribution in [3.8, 4) is 11.1 Å². The number of nitrogens with zero attached hydrogens (tertiary/aromatic N) is 1. The number of hydrogen-bond donors (Lipinski definition) is 0. The fourth-order valence-corrected chi connectivity index (χ4v) is 9.76. The van der Waals surface area contributed by atoms with Gasteiger partial charge in [-0.15, -0.1) is 0 Å². The number of furan rings is 1. The lowest BCUT2D eigenvalue weighted by Gasteiger charge is -2.35. The Labute approximate surface area is 330 Å². The van der Waals surface area contributed by atoms with Gasteiger partial charge >= 0.3 is 0 Å². The minimum atomic E-state index is -0.569. The van der Waals surface area contributed by atoms with E-state index in [-0.39, 0.29) is 0 Å². The maximum Gasteiger partial charge on any atom is 0.137 e. The second-order valence-electron chi connectivity index (χ2n) is 15.3. The summed E-state index contributed by atoms with van der Waals surface area (Å²) in [6.07, 6.45) is 0. The molecule has 11 aromatic rings. The van der Waals surface area contributed by atoms with Crippen LogP contribution >= 0.6 is 0 Å². The minimum absolute atomic E-state index is 0.569. The van der Waals surface area contributed by atoms with Gasteiger partial charge in [0.15, 0.2) is 0 Å². The Bertz CT molecular complexity index is 3320. The number of benzene rings is 10. The monoisotopic (exact) mass is 725 g/mol.